The van der Waals surface area contributed by atoms with Gasteiger partial charge in [-0.05, 0) is 31.3 Å². The van der Waals surface area contributed by atoms with Gasteiger partial charge < -0.3 is 14.7 Å². The number of piperazine rings is 1. The van der Waals surface area contributed by atoms with Crippen molar-refractivity contribution in [1.82, 2.24) is 14.5 Å². The van der Waals surface area contributed by atoms with Gasteiger partial charge in [0.2, 0.25) is 10.0 Å². The smallest absolute Gasteiger partial charge is 0.240 e. The maximum Gasteiger partial charge on any atom is 0.240 e. The molecule has 140 valence electrons. The van der Waals surface area contributed by atoms with E-state index in [1.54, 1.807) is 0 Å². The van der Waals surface area contributed by atoms with Crippen LogP contribution in [0.5, 0.6) is 0 Å². The van der Waals surface area contributed by atoms with Crippen LogP contribution in [0.15, 0.2) is 29.2 Å². The minimum atomic E-state index is -3.73. The molecular weight excluding hydrogens is 366 g/mol. The highest BCUT2D eigenvalue weighted by Crippen LogP contribution is 2.20. The number of nitrogens with one attached hydrogen (secondary N) is 1. The molecule has 2 heterocycles. The summed E-state index contributed by atoms with van der Waals surface area (Å²) in [6, 6.07) is 5.27. The molecule has 0 bridgehead atoms. The summed E-state index contributed by atoms with van der Waals surface area (Å²) in [4.78, 5) is 4.61. The molecule has 9 heteroatoms. The van der Waals surface area contributed by atoms with Crippen LogP contribution >= 0.6 is 11.6 Å². The number of rotatable bonds is 5. The fourth-order valence-corrected chi connectivity index (χ4v) is 4.48. The Balaban J connectivity index is 1.58. The standard InChI is InChI=1S/C16H24ClN3O4S/c1-19-6-8-20(9-7-19)10-15-16(21)14(11-24-15)18-25(22,23)13-4-2-12(17)3-5-13/h2-5,14-16,18,21H,6-11H2,1H3. The first-order chi connectivity index (χ1) is 11.8. The molecule has 0 aliphatic carbocycles. The van der Waals surface area contributed by atoms with Gasteiger partial charge in [0.15, 0.2) is 0 Å². The number of nitrogens with zero attached hydrogens (tertiary/aromatic N) is 2. The van der Waals surface area contributed by atoms with Gasteiger partial charge in [0.05, 0.1) is 29.8 Å². The Labute approximate surface area is 153 Å². The molecule has 2 aliphatic rings. The largest absolute Gasteiger partial charge is 0.389 e. The summed E-state index contributed by atoms with van der Waals surface area (Å²) < 4.78 is 33.1. The van der Waals surface area contributed by atoms with E-state index in [0.717, 1.165) is 26.2 Å². The molecule has 2 fully saturated rings. The first kappa shape index (κ1) is 19.0. The lowest BCUT2D eigenvalue weighted by molar-refractivity contribution is 0.00636. The molecule has 2 N–H and O–H groups in total. The van der Waals surface area contributed by atoms with E-state index in [1.165, 1.54) is 24.3 Å². The van der Waals surface area contributed by atoms with E-state index < -0.39 is 22.2 Å². The van der Waals surface area contributed by atoms with Gasteiger partial charge in [-0.15, -0.1) is 0 Å². The van der Waals surface area contributed by atoms with Crippen LogP contribution in [0.2, 0.25) is 5.02 Å². The Morgan fingerprint density at radius 2 is 1.88 bits per heavy atom. The number of likely N-dealkylation sites (N-methyl/N-ethyl adjacent to an activating group) is 1. The molecule has 3 rings (SSSR count). The van der Waals surface area contributed by atoms with Crippen LogP contribution in [-0.2, 0) is 14.8 Å². The minimum absolute atomic E-state index is 0.117. The predicted molar refractivity (Wildman–Crippen MR) is 95.2 cm³/mol. The van der Waals surface area contributed by atoms with Crippen LogP contribution in [0.3, 0.4) is 0 Å². The quantitative estimate of drug-likeness (QED) is 0.737. The zero-order valence-electron chi connectivity index (χ0n) is 14.1. The number of sulfonamides is 1. The second-order valence-electron chi connectivity index (χ2n) is 6.65. The summed E-state index contributed by atoms with van der Waals surface area (Å²) in [5.74, 6) is 0. The van der Waals surface area contributed by atoms with Crippen LogP contribution in [0.1, 0.15) is 0 Å². The van der Waals surface area contributed by atoms with Gasteiger partial charge >= 0.3 is 0 Å². The molecule has 2 saturated heterocycles. The van der Waals surface area contributed by atoms with Gasteiger partial charge in [-0.25, -0.2) is 13.1 Å². The van der Waals surface area contributed by atoms with E-state index in [-0.39, 0.29) is 17.6 Å². The number of halogens is 1. The van der Waals surface area contributed by atoms with Crippen LogP contribution in [0.4, 0.5) is 0 Å². The normalized spacial score (nSPS) is 29.2. The summed E-state index contributed by atoms with van der Waals surface area (Å²) in [6.45, 7) is 4.57. The van der Waals surface area contributed by atoms with E-state index in [0.29, 0.717) is 11.6 Å². The number of hydrogen-bond acceptors (Lipinski definition) is 6. The Morgan fingerprint density at radius 3 is 2.52 bits per heavy atom. The highest BCUT2D eigenvalue weighted by atomic mass is 35.5. The fourth-order valence-electron chi connectivity index (χ4n) is 3.11. The van der Waals surface area contributed by atoms with E-state index >= 15 is 0 Å². The number of hydrogen-bond donors (Lipinski definition) is 2. The summed E-state index contributed by atoms with van der Waals surface area (Å²) >= 11 is 5.79. The van der Waals surface area contributed by atoms with E-state index in [2.05, 4.69) is 21.6 Å². The van der Waals surface area contributed by atoms with Crippen molar-refractivity contribution in [3.05, 3.63) is 29.3 Å². The summed E-state index contributed by atoms with van der Waals surface area (Å²) in [5.41, 5.74) is 0. The Morgan fingerprint density at radius 1 is 1.24 bits per heavy atom. The van der Waals surface area contributed by atoms with Gasteiger partial charge in [-0.2, -0.15) is 0 Å². The Kier molecular flexibility index (Phi) is 5.99. The van der Waals surface area contributed by atoms with Crippen LogP contribution in [-0.4, -0.2) is 88.0 Å². The molecule has 2 aliphatic heterocycles. The Bertz CT molecular complexity index is 677. The van der Waals surface area contributed by atoms with Crippen molar-refractivity contribution in [2.45, 2.75) is 23.1 Å². The molecule has 1 aromatic carbocycles. The third kappa shape index (κ3) is 4.71. The average Bonchev–Trinajstić information content (AvgIpc) is 2.90. The molecular formula is C16H24ClN3O4S. The lowest BCUT2D eigenvalue weighted by atomic mass is 10.1. The summed E-state index contributed by atoms with van der Waals surface area (Å²) in [7, 11) is -1.64. The van der Waals surface area contributed by atoms with Crippen molar-refractivity contribution >= 4 is 21.6 Å². The van der Waals surface area contributed by atoms with Crippen LogP contribution in [0, 0.1) is 0 Å². The summed E-state index contributed by atoms with van der Waals surface area (Å²) in [6.07, 6.45) is -1.26. The van der Waals surface area contributed by atoms with Crippen LogP contribution in [0.25, 0.3) is 0 Å². The first-order valence-electron chi connectivity index (χ1n) is 8.33. The lowest BCUT2D eigenvalue weighted by Crippen LogP contribution is -2.50. The molecule has 0 saturated carbocycles. The zero-order chi connectivity index (χ0) is 18.0. The molecule has 0 aromatic heterocycles. The van der Waals surface area contributed by atoms with Crippen molar-refractivity contribution in [2.24, 2.45) is 0 Å². The van der Waals surface area contributed by atoms with Gasteiger partial charge in [-0.1, -0.05) is 11.6 Å². The first-order valence-corrected chi connectivity index (χ1v) is 10.2. The molecule has 0 spiro atoms. The molecule has 0 amide bonds. The fraction of sp³-hybridized carbons (Fsp3) is 0.625. The maximum absolute atomic E-state index is 12.4. The van der Waals surface area contributed by atoms with Gasteiger partial charge in [0, 0.05) is 37.7 Å². The van der Waals surface area contributed by atoms with Crippen molar-refractivity contribution in [3.63, 3.8) is 0 Å². The number of benzene rings is 1. The maximum atomic E-state index is 12.4. The van der Waals surface area contributed by atoms with E-state index in [4.69, 9.17) is 16.3 Å². The van der Waals surface area contributed by atoms with Crippen molar-refractivity contribution in [2.75, 3.05) is 46.4 Å². The van der Waals surface area contributed by atoms with Gasteiger partial charge in [-0.3, -0.25) is 4.90 Å². The van der Waals surface area contributed by atoms with Crippen molar-refractivity contribution in [3.8, 4) is 0 Å². The highest BCUT2D eigenvalue weighted by molar-refractivity contribution is 7.89. The van der Waals surface area contributed by atoms with Gasteiger partial charge in [0.25, 0.3) is 0 Å². The van der Waals surface area contributed by atoms with E-state index in [1.807, 2.05) is 0 Å². The minimum Gasteiger partial charge on any atom is -0.389 e. The van der Waals surface area contributed by atoms with Crippen molar-refractivity contribution < 1.29 is 18.3 Å². The molecule has 3 atom stereocenters. The summed E-state index contributed by atoms with van der Waals surface area (Å²) in [5, 5.41) is 10.9. The number of ether oxygens (including phenoxy) is 1. The monoisotopic (exact) mass is 389 g/mol. The second kappa shape index (κ2) is 7.87. The lowest BCUT2D eigenvalue weighted by Gasteiger charge is -2.34. The topological polar surface area (TPSA) is 82.1 Å². The predicted octanol–water partition coefficient (Wildman–Crippen LogP) is -0.00600. The third-order valence-electron chi connectivity index (χ3n) is 4.75. The average molecular weight is 390 g/mol. The van der Waals surface area contributed by atoms with Gasteiger partial charge in [0.1, 0.15) is 0 Å². The molecule has 0 radical (unpaired) electrons. The zero-order valence-corrected chi connectivity index (χ0v) is 15.7. The number of aliphatic hydroxyl groups excluding tert-OH is 1. The molecule has 1 aromatic rings. The van der Waals surface area contributed by atoms with Crippen molar-refractivity contribution in [1.29, 1.82) is 0 Å². The van der Waals surface area contributed by atoms with E-state index in [9.17, 15) is 13.5 Å². The number of aliphatic hydroxyl groups is 1. The third-order valence-corrected chi connectivity index (χ3v) is 6.51. The SMILES string of the molecule is CN1CCN(CC2OCC(NS(=O)(=O)c3ccc(Cl)cc3)C2O)CC1. The second-order valence-corrected chi connectivity index (χ2v) is 8.80. The highest BCUT2D eigenvalue weighted by Gasteiger charge is 2.39. The molecule has 25 heavy (non-hydrogen) atoms. The van der Waals surface area contributed by atoms with Crippen LogP contribution < -0.4 is 4.72 Å². The molecule has 7 nitrogen and oxygen atoms in total. The molecule has 3 unspecified atom stereocenters. The Hall–Kier alpha value is -0.740.